The number of hydrogen-bond donors (Lipinski definition) is 2. The number of H-pyrrole nitrogens is 1. The molecule has 0 saturated carbocycles. The molecule has 1 aromatic carbocycles. The third kappa shape index (κ3) is 2.84. The van der Waals surface area contributed by atoms with Gasteiger partial charge >= 0.3 is 0 Å². The number of carbonyl (C=O) groups is 1. The molecule has 0 bridgehead atoms. The van der Waals surface area contributed by atoms with Gasteiger partial charge in [-0.25, -0.2) is 0 Å². The van der Waals surface area contributed by atoms with Crippen molar-refractivity contribution in [3.05, 3.63) is 59.0 Å². The van der Waals surface area contributed by atoms with Crippen LogP contribution in [0.25, 0.3) is 10.9 Å². The molecule has 2 N–H and O–H groups in total. The number of pyridine rings is 1. The predicted octanol–water partition coefficient (Wildman–Crippen LogP) is 1.75. The highest BCUT2D eigenvalue weighted by Crippen LogP contribution is 2.19. The minimum atomic E-state index is -0.178. The first kappa shape index (κ1) is 13.1. The number of carbonyl (C=O) groups excluding carboxylic acids is 1. The Morgan fingerprint density at radius 3 is 2.86 bits per heavy atom. The zero-order valence-electron chi connectivity index (χ0n) is 11.2. The number of hydrogen-bond acceptors (Lipinski definition) is 3. The molecule has 1 amide bonds. The zero-order valence-corrected chi connectivity index (χ0v) is 11.2. The third-order valence-corrected chi connectivity index (χ3v) is 3.21. The van der Waals surface area contributed by atoms with Crippen molar-refractivity contribution in [3.8, 4) is 0 Å². The van der Waals surface area contributed by atoms with Crippen LogP contribution < -0.4 is 10.9 Å². The summed E-state index contributed by atoms with van der Waals surface area (Å²) in [6.45, 7) is 0.341. The summed E-state index contributed by atoms with van der Waals surface area (Å²) in [4.78, 5) is 23.5. The fourth-order valence-corrected chi connectivity index (χ4v) is 2.12. The van der Waals surface area contributed by atoms with Crippen LogP contribution in [0.15, 0.2) is 53.5 Å². The standard InChI is InChI=1S/C15H14N4O2/c20-13(8-10-19-9-4-3-7-14(19)21)16-15-11-5-1-2-6-12(11)17-18-15/h1-7,9H,8,10H2,(H2,16,17,18,20). The molecular weight excluding hydrogens is 268 g/mol. The van der Waals surface area contributed by atoms with Gasteiger partial charge in [-0.15, -0.1) is 0 Å². The molecule has 0 saturated heterocycles. The van der Waals surface area contributed by atoms with Crippen LogP contribution in [0.4, 0.5) is 5.82 Å². The molecule has 0 fully saturated rings. The molecule has 2 heterocycles. The Balaban J connectivity index is 1.67. The molecule has 0 spiro atoms. The zero-order chi connectivity index (χ0) is 14.7. The lowest BCUT2D eigenvalue weighted by Gasteiger charge is -2.05. The second-order valence-electron chi connectivity index (χ2n) is 4.65. The highest BCUT2D eigenvalue weighted by atomic mass is 16.2. The molecule has 6 nitrogen and oxygen atoms in total. The van der Waals surface area contributed by atoms with Gasteiger partial charge in [0.05, 0.1) is 5.52 Å². The molecule has 0 aliphatic carbocycles. The highest BCUT2D eigenvalue weighted by molar-refractivity contribution is 5.99. The molecule has 0 aliphatic heterocycles. The van der Waals surface area contributed by atoms with Gasteiger partial charge in [0.2, 0.25) is 5.91 Å². The fourth-order valence-electron chi connectivity index (χ4n) is 2.12. The van der Waals surface area contributed by atoms with Gasteiger partial charge in [0.15, 0.2) is 5.82 Å². The quantitative estimate of drug-likeness (QED) is 0.765. The van der Waals surface area contributed by atoms with E-state index in [4.69, 9.17) is 0 Å². The lowest BCUT2D eigenvalue weighted by Crippen LogP contribution is -2.21. The van der Waals surface area contributed by atoms with Gasteiger partial charge in [0.25, 0.3) is 5.56 Å². The Labute approximate surface area is 120 Å². The number of benzene rings is 1. The molecule has 3 aromatic rings. The summed E-state index contributed by atoms with van der Waals surface area (Å²) in [6.07, 6.45) is 1.88. The van der Waals surface area contributed by atoms with Gasteiger partial charge in [-0.05, 0) is 18.2 Å². The van der Waals surface area contributed by atoms with Gasteiger partial charge in [-0.1, -0.05) is 18.2 Å². The van der Waals surface area contributed by atoms with Crippen LogP contribution in [0.1, 0.15) is 6.42 Å². The van der Waals surface area contributed by atoms with Crippen molar-refractivity contribution in [2.45, 2.75) is 13.0 Å². The van der Waals surface area contributed by atoms with E-state index in [1.807, 2.05) is 24.3 Å². The molecule has 106 valence electrons. The molecule has 3 rings (SSSR count). The smallest absolute Gasteiger partial charge is 0.250 e. The number of aryl methyl sites for hydroxylation is 1. The van der Waals surface area contributed by atoms with Crippen LogP contribution in [0.3, 0.4) is 0 Å². The monoisotopic (exact) mass is 282 g/mol. The lowest BCUT2D eigenvalue weighted by atomic mass is 10.2. The first-order valence-corrected chi connectivity index (χ1v) is 6.62. The van der Waals surface area contributed by atoms with E-state index in [1.165, 1.54) is 10.6 Å². The molecule has 0 atom stereocenters. The maximum absolute atomic E-state index is 12.0. The number of rotatable bonds is 4. The Bertz CT molecular complexity index is 835. The van der Waals surface area contributed by atoms with E-state index in [2.05, 4.69) is 15.5 Å². The number of amides is 1. The van der Waals surface area contributed by atoms with E-state index in [9.17, 15) is 9.59 Å². The van der Waals surface area contributed by atoms with Gasteiger partial charge in [0, 0.05) is 30.6 Å². The summed E-state index contributed by atoms with van der Waals surface area (Å²) in [7, 11) is 0. The Morgan fingerprint density at radius 2 is 2.00 bits per heavy atom. The molecule has 0 radical (unpaired) electrons. The minimum absolute atomic E-state index is 0.115. The van der Waals surface area contributed by atoms with E-state index in [0.29, 0.717) is 12.4 Å². The summed E-state index contributed by atoms with van der Waals surface area (Å²) in [6, 6.07) is 12.5. The summed E-state index contributed by atoms with van der Waals surface area (Å²) < 4.78 is 1.50. The van der Waals surface area contributed by atoms with Crippen LogP contribution in [0, 0.1) is 0 Å². The fraction of sp³-hybridized carbons (Fsp3) is 0.133. The van der Waals surface area contributed by atoms with Crippen molar-refractivity contribution in [3.63, 3.8) is 0 Å². The van der Waals surface area contributed by atoms with Crippen molar-refractivity contribution in [2.24, 2.45) is 0 Å². The number of nitrogens with zero attached hydrogens (tertiary/aromatic N) is 2. The topological polar surface area (TPSA) is 79.8 Å². The second-order valence-corrected chi connectivity index (χ2v) is 4.65. The highest BCUT2D eigenvalue weighted by Gasteiger charge is 2.09. The summed E-state index contributed by atoms with van der Waals surface area (Å²) in [5.41, 5.74) is 0.752. The number of aromatic amines is 1. The maximum atomic E-state index is 12.0. The van der Waals surface area contributed by atoms with E-state index >= 15 is 0 Å². The number of anilines is 1. The average Bonchev–Trinajstić information content (AvgIpc) is 2.90. The molecule has 21 heavy (non-hydrogen) atoms. The Hall–Kier alpha value is -2.89. The van der Waals surface area contributed by atoms with Gasteiger partial charge in [0.1, 0.15) is 0 Å². The molecule has 2 aromatic heterocycles. The summed E-state index contributed by atoms with van der Waals surface area (Å²) in [5, 5.41) is 10.6. The molecule has 6 heteroatoms. The summed E-state index contributed by atoms with van der Waals surface area (Å²) >= 11 is 0. The van der Waals surface area contributed by atoms with Crippen LogP contribution in [-0.4, -0.2) is 20.7 Å². The van der Waals surface area contributed by atoms with Gasteiger partial charge < -0.3 is 9.88 Å². The SMILES string of the molecule is O=C(CCn1ccccc1=O)Nc1n[nH]c2ccccc12. The average molecular weight is 282 g/mol. The van der Waals surface area contributed by atoms with Gasteiger partial charge in [-0.3, -0.25) is 14.7 Å². The Morgan fingerprint density at radius 1 is 1.19 bits per heavy atom. The van der Waals surface area contributed by atoms with Gasteiger partial charge in [-0.2, -0.15) is 5.10 Å². The van der Waals surface area contributed by atoms with Crippen LogP contribution in [-0.2, 0) is 11.3 Å². The van der Waals surface area contributed by atoms with Crippen molar-refractivity contribution in [2.75, 3.05) is 5.32 Å². The second kappa shape index (κ2) is 5.62. The number of aromatic nitrogens is 3. The van der Waals surface area contributed by atoms with Crippen molar-refractivity contribution in [1.29, 1.82) is 0 Å². The van der Waals surface area contributed by atoms with Crippen molar-refractivity contribution in [1.82, 2.24) is 14.8 Å². The minimum Gasteiger partial charge on any atom is -0.315 e. The van der Waals surface area contributed by atoms with Crippen molar-refractivity contribution < 1.29 is 4.79 Å². The number of fused-ring (bicyclic) bond motifs is 1. The number of para-hydroxylation sites is 1. The molecule has 0 unspecified atom stereocenters. The van der Waals surface area contributed by atoms with E-state index < -0.39 is 0 Å². The van der Waals surface area contributed by atoms with Crippen LogP contribution in [0.5, 0.6) is 0 Å². The van der Waals surface area contributed by atoms with Crippen molar-refractivity contribution >= 4 is 22.6 Å². The summed E-state index contributed by atoms with van der Waals surface area (Å²) in [5.74, 6) is 0.332. The van der Waals surface area contributed by atoms with E-state index in [0.717, 1.165) is 10.9 Å². The first-order chi connectivity index (χ1) is 10.2. The Kier molecular flexibility index (Phi) is 3.51. The first-order valence-electron chi connectivity index (χ1n) is 6.62. The maximum Gasteiger partial charge on any atom is 0.250 e. The largest absolute Gasteiger partial charge is 0.315 e. The molecular formula is C15H14N4O2. The van der Waals surface area contributed by atoms with E-state index in [-0.39, 0.29) is 17.9 Å². The normalized spacial score (nSPS) is 10.7. The van der Waals surface area contributed by atoms with E-state index in [1.54, 1.807) is 18.3 Å². The molecule has 0 aliphatic rings. The lowest BCUT2D eigenvalue weighted by molar-refractivity contribution is -0.116. The number of nitrogens with one attached hydrogen (secondary N) is 2. The predicted molar refractivity (Wildman–Crippen MR) is 80.0 cm³/mol. The third-order valence-electron chi connectivity index (χ3n) is 3.21. The van der Waals surface area contributed by atoms with Crippen LogP contribution >= 0.6 is 0 Å². The van der Waals surface area contributed by atoms with Crippen LogP contribution in [0.2, 0.25) is 0 Å².